The van der Waals surface area contributed by atoms with Crippen molar-refractivity contribution in [2.24, 2.45) is 0 Å². The highest BCUT2D eigenvalue weighted by Gasteiger charge is 2.35. The molecule has 0 amide bonds. The lowest BCUT2D eigenvalue weighted by Gasteiger charge is -2.37. The Balaban J connectivity index is 1.53. The summed E-state index contributed by atoms with van der Waals surface area (Å²) in [6.07, 6.45) is 6.47. The van der Waals surface area contributed by atoms with Gasteiger partial charge in [-0.15, -0.1) is 0 Å². The van der Waals surface area contributed by atoms with E-state index in [1.807, 2.05) is 37.4 Å². The first kappa shape index (κ1) is 17.9. The zero-order valence-electron chi connectivity index (χ0n) is 15.1. The number of nitrogens with one attached hydrogen (secondary N) is 1. The summed E-state index contributed by atoms with van der Waals surface area (Å²) in [6, 6.07) is 9.74. The standard InChI is InChI=1S/C18H22N6O2S/c1-22-9-10-24(14-17(22)18-19-7-8-20-18)27(25,26)16-11-21-23(13-16)12-15-5-3-2-4-6-15/h2-8,11,13,17H,9-10,12,14H2,1H3,(H,19,20)/t17-/m0/s1. The average Bonchev–Trinajstić information content (AvgIpc) is 3.35. The zero-order valence-corrected chi connectivity index (χ0v) is 15.9. The Morgan fingerprint density at radius 2 is 2.04 bits per heavy atom. The molecule has 0 bridgehead atoms. The van der Waals surface area contributed by atoms with Gasteiger partial charge in [0.15, 0.2) is 0 Å². The van der Waals surface area contributed by atoms with Crippen molar-refractivity contribution in [3.8, 4) is 0 Å². The van der Waals surface area contributed by atoms with E-state index in [0.717, 1.165) is 11.4 Å². The molecule has 0 saturated carbocycles. The smallest absolute Gasteiger partial charge is 0.246 e. The van der Waals surface area contributed by atoms with E-state index in [2.05, 4.69) is 20.0 Å². The second-order valence-electron chi connectivity index (χ2n) is 6.69. The molecule has 0 unspecified atom stereocenters. The molecule has 142 valence electrons. The molecule has 1 aliphatic rings. The summed E-state index contributed by atoms with van der Waals surface area (Å²) >= 11 is 0. The maximum Gasteiger partial charge on any atom is 0.246 e. The quantitative estimate of drug-likeness (QED) is 0.715. The third-order valence-corrected chi connectivity index (χ3v) is 6.70. The Morgan fingerprint density at radius 1 is 1.22 bits per heavy atom. The van der Waals surface area contributed by atoms with Crippen LogP contribution < -0.4 is 0 Å². The molecule has 3 aromatic rings. The van der Waals surface area contributed by atoms with Gasteiger partial charge in [0.2, 0.25) is 10.0 Å². The van der Waals surface area contributed by atoms with Crippen molar-refractivity contribution in [1.82, 2.24) is 29.0 Å². The summed E-state index contributed by atoms with van der Waals surface area (Å²) in [5.41, 5.74) is 1.07. The van der Waals surface area contributed by atoms with Gasteiger partial charge in [0, 0.05) is 38.2 Å². The summed E-state index contributed by atoms with van der Waals surface area (Å²) in [5, 5.41) is 4.24. The Kier molecular flexibility index (Phi) is 4.81. The van der Waals surface area contributed by atoms with Crippen LogP contribution in [0.15, 0.2) is 60.0 Å². The van der Waals surface area contributed by atoms with E-state index in [1.54, 1.807) is 23.3 Å². The van der Waals surface area contributed by atoms with Gasteiger partial charge in [-0.05, 0) is 12.6 Å². The topological polar surface area (TPSA) is 87.1 Å². The second kappa shape index (κ2) is 7.26. The van der Waals surface area contributed by atoms with Gasteiger partial charge in [0.1, 0.15) is 10.7 Å². The van der Waals surface area contributed by atoms with Crippen LogP contribution in [0.1, 0.15) is 17.4 Å². The Bertz CT molecular complexity index is 984. The fraction of sp³-hybridized carbons (Fsp3) is 0.333. The molecule has 0 radical (unpaired) electrons. The van der Waals surface area contributed by atoms with E-state index in [0.29, 0.717) is 26.2 Å². The molecule has 4 rings (SSSR count). The predicted octanol–water partition coefficient (Wildman–Crippen LogP) is 1.33. The van der Waals surface area contributed by atoms with Crippen LogP contribution in [-0.4, -0.2) is 64.1 Å². The number of hydrogen-bond donors (Lipinski definition) is 1. The minimum atomic E-state index is -3.60. The van der Waals surface area contributed by atoms with E-state index in [9.17, 15) is 8.42 Å². The minimum Gasteiger partial charge on any atom is -0.347 e. The van der Waals surface area contributed by atoms with Crippen LogP contribution in [0.5, 0.6) is 0 Å². The van der Waals surface area contributed by atoms with Gasteiger partial charge in [-0.25, -0.2) is 13.4 Å². The first-order chi connectivity index (χ1) is 13.0. The van der Waals surface area contributed by atoms with Crippen LogP contribution in [-0.2, 0) is 16.6 Å². The molecule has 8 nitrogen and oxygen atoms in total. The van der Waals surface area contributed by atoms with Gasteiger partial charge < -0.3 is 4.98 Å². The van der Waals surface area contributed by atoms with Crippen LogP contribution in [0.3, 0.4) is 0 Å². The normalized spacial score (nSPS) is 19.4. The van der Waals surface area contributed by atoms with Crippen molar-refractivity contribution < 1.29 is 8.42 Å². The largest absolute Gasteiger partial charge is 0.347 e. The number of imidazole rings is 1. The Labute approximate surface area is 158 Å². The number of rotatable bonds is 5. The SMILES string of the molecule is CN1CCN(S(=O)(=O)c2cnn(Cc3ccccc3)c2)C[C@H]1c1ncc[nH]1. The highest BCUT2D eigenvalue weighted by molar-refractivity contribution is 7.89. The van der Waals surface area contributed by atoms with Gasteiger partial charge in [-0.1, -0.05) is 30.3 Å². The molecule has 3 heterocycles. The molecule has 1 atom stereocenters. The molecular formula is C18H22N6O2S. The summed E-state index contributed by atoms with van der Waals surface area (Å²) in [4.78, 5) is 9.72. The van der Waals surface area contributed by atoms with Gasteiger partial charge >= 0.3 is 0 Å². The van der Waals surface area contributed by atoms with Crippen molar-refractivity contribution in [3.05, 3.63) is 66.5 Å². The molecular weight excluding hydrogens is 364 g/mol. The van der Waals surface area contributed by atoms with Crippen LogP contribution in [0.2, 0.25) is 0 Å². The van der Waals surface area contributed by atoms with E-state index >= 15 is 0 Å². The maximum absolute atomic E-state index is 13.1. The number of aromatic amines is 1. The highest BCUT2D eigenvalue weighted by Crippen LogP contribution is 2.25. The maximum atomic E-state index is 13.1. The molecule has 0 spiro atoms. The fourth-order valence-corrected chi connectivity index (χ4v) is 4.70. The number of piperazine rings is 1. The molecule has 9 heteroatoms. The molecule has 27 heavy (non-hydrogen) atoms. The van der Waals surface area contributed by atoms with Gasteiger partial charge in [-0.2, -0.15) is 9.40 Å². The van der Waals surface area contributed by atoms with E-state index < -0.39 is 10.0 Å². The van der Waals surface area contributed by atoms with E-state index in [4.69, 9.17) is 0 Å². The van der Waals surface area contributed by atoms with Crippen molar-refractivity contribution in [2.45, 2.75) is 17.5 Å². The number of benzene rings is 1. The van der Waals surface area contributed by atoms with Crippen molar-refractivity contribution in [1.29, 1.82) is 0 Å². The lowest BCUT2D eigenvalue weighted by Crippen LogP contribution is -2.49. The third kappa shape index (κ3) is 3.66. The number of nitrogens with zero attached hydrogens (tertiary/aromatic N) is 5. The molecule has 1 saturated heterocycles. The number of hydrogen-bond acceptors (Lipinski definition) is 5. The number of aromatic nitrogens is 4. The molecule has 1 aliphatic heterocycles. The van der Waals surface area contributed by atoms with Crippen LogP contribution >= 0.6 is 0 Å². The molecule has 1 N–H and O–H groups in total. The first-order valence-corrected chi connectivity index (χ1v) is 10.2. The Hall–Kier alpha value is -2.49. The van der Waals surface area contributed by atoms with Crippen LogP contribution in [0.4, 0.5) is 0 Å². The zero-order chi connectivity index (χ0) is 18.9. The number of likely N-dealkylation sites (N-methyl/N-ethyl adjacent to an activating group) is 1. The van der Waals surface area contributed by atoms with Crippen molar-refractivity contribution >= 4 is 10.0 Å². The van der Waals surface area contributed by atoms with Crippen molar-refractivity contribution in [3.63, 3.8) is 0 Å². The predicted molar refractivity (Wildman–Crippen MR) is 100 cm³/mol. The number of sulfonamides is 1. The lowest BCUT2D eigenvalue weighted by atomic mass is 10.2. The minimum absolute atomic E-state index is 0.0945. The van der Waals surface area contributed by atoms with Crippen LogP contribution in [0, 0.1) is 0 Å². The van der Waals surface area contributed by atoms with Gasteiger partial charge in [0.05, 0.1) is 18.8 Å². The average molecular weight is 386 g/mol. The van der Waals surface area contributed by atoms with Gasteiger partial charge in [0.25, 0.3) is 0 Å². The fourth-order valence-electron chi connectivity index (χ4n) is 3.31. The summed E-state index contributed by atoms with van der Waals surface area (Å²) in [7, 11) is -1.62. The van der Waals surface area contributed by atoms with Gasteiger partial charge in [-0.3, -0.25) is 9.58 Å². The summed E-state index contributed by atoms with van der Waals surface area (Å²) in [6.45, 7) is 1.98. The second-order valence-corrected chi connectivity index (χ2v) is 8.63. The van der Waals surface area contributed by atoms with Crippen LogP contribution in [0.25, 0.3) is 0 Å². The molecule has 0 aliphatic carbocycles. The monoisotopic (exact) mass is 386 g/mol. The highest BCUT2D eigenvalue weighted by atomic mass is 32.2. The summed E-state index contributed by atoms with van der Waals surface area (Å²) < 4.78 is 29.4. The van der Waals surface area contributed by atoms with E-state index in [1.165, 1.54) is 10.5 Å². The molecule has 1 aromatic carbocycles. The number of H-pyrrole nitrogens is 1. The Morgan fingerprint density at radius 3 is 2.78 bits per heavy atom. The molecule has 1 fully saturated rings. The van der Waals surface area contributed by atoms with E-state index in [-0.39, 0.29) is 10.9 Å². The summed E-state index contributed by atoms with van der Waals surface area (Å²) in [5.74, 6) is 0.775. The molecule has 2 aromatic heterocycles. The lowest BCUT2D eigenvalue weighted by molar-refractivity contribution is 0.142. The third-order valence-electron chi connectivity index (χ3n) is 4.88. The first-order valence-electron chi connectivity index (χ1n) is 8.80. The van der Waals surface area contributed by atoms with Crippen molar-refractivity contribution in [2.75, 3.05) is 26.7 Å².